The summed E-state index contributed by atoms with van der Waals surface area (Å²) < 4.78 is 23.1. The fraction of sp³-hybridized carbons (Fsp3) is 0.400. The number of piperidine rings is 1. The second-order valence-corrected chi connectivity index (χ2v) is 9.33. The van der Waals surface area contributed by atoms with E-state index in [0.717, 1.165) is 31.6 Å². The van der Waals surface area contributed by atoms with Crippen molar-refractivity contribution in [2.75, 3.05) is 20.7 Å². The summed E-state index contributed by atoms with van der Waals surface area (Å²) in [4.78, 5) is 25.4. The van der Waals surface area contributed by atoms with E-state index in [1.54, 1.807) is 7.11 Å². The van der Waals surface area contributed by atoms with Gasteiger partial charge in [0, 0.05) is 29.2 Å². The highest BCUT2D eigenvalue weighted by molar-refractivity contribution is 5.67. The average Bonchev–Trinajstić information content (AvgIpc) is 3.18. The Morgan fingerprint density at radius 1 is 1.21 bits per heavy atom. The van der Waals surface area contributed by atoms with E-state index in [-0.39, 0.29) is 16.9 Å². The molecule has 2 aromatic rings. The van der Waals surface area contributed by atoms with Crippen molar-refractivity contribution in [1.29, 1.82) is 0 Å². The van der Waals surface area contributed by atoms with Crippen molar-refractivity contribution in [1.82, 2.24) is 4.90 Å². The number of ether oxygens (including phenoxy) is 4. The summed E-state index contributed by atoms with van der Waals surface area (Å²) in [6.07, 6.45) is 3.21. The lowest BCUT2D eigenvalue weighted by Gasteiger charge is -2.56. The van der Waals surface area contributed by atoms with Crippen LogP contribution in [0, 0.1) is 16.0 Å². The summed E-state index contributed by atoms with van der Waals surface area (Å²) in [5.74, 6) is 2.39. The zero-order chi connectivity index (χ0) is 23.6. The molecule has 2 bridgehead atoms. The Hall–Kier alpha value is -3.59. The molecule has 1 fully saturated rings. The molecule has 176 valence electrons. The van der Waals surface area contributed by atoms with E-state index >= 15 is 0 Å². The molecular formula is C25H24N2O7. The molecule has 1 saturated heterocycles. The number of methoxy groups -OCH3 is 1. The van der Waals surface area contributed by atoms with Crippen LogP contribution in [0.2, 0.25) is 0 Å². The van der Waals surface area contributed by atoms with Crippen LogP contribution in [-0.4, -0.2) is 48.8 Å². The van der Waals surface area contributed by atoms with E-state index < -0.39 is 17.2 Å². The van der Waals surface area contributed by atoms with Gasteiger partial charge in [-0.1, -0.05) is 6.07 Å². The van der Waals surface area contributed by atoms with Crippen LogP contribution in [-0.2, 0) is 16.6 Å². The number of hydrogen-bond donors (Lipinski definition) is 0. The molecule has 0 saturated carbocycles. The minimum Gasteiger partial charge on any atom is -0.493 e. The van der Waals surface area contributed by atoms with Crippen molar-refractivity contribution in [3.63, 3.8) is 0 Å². The highest BCUT2D eigenvalue weighted by Crippen LogP contribution is 2.63. The number of benzene rings is 2. The largest absolute Gasteiger partial charge is 0.519 e. The first-order chi connectivity index (χ1) is 16.4. The zero-order valence-corrected chi connectivity index (χ0v) is 18.9. The van der Waals surface area contributed by atoms with Crippen LogP contribution in [0.15, 0.2) is 48.2 Å². The third-order valence-corrected chi connectivity index (χ3v) is 7.88. The number of nitro groups is 1. The molecule has 9 heteroatoms. The molecule has 6 rings (SSSR count). The van der Waals surface area contributed by atoms with Gasteiger partial charge in [-0.3, -0.25) is 10.1 Å². The fourth-order valence-electron chi connectivity index (χ4n) is 6.41. The van der Waals surface area contributed by atoms with E-state index in [0.29, 0.717) is 23.5 Å². The molecule has 0 unspecified atom stereocenters. The lowest BCUT2D eigenvalue weighted by Crippen LogP contribution is -2.63. The number of carbonyl (C=O) groups excluding carboxylic acids is 1. The fourth-order valence-corrected chi connectivity index (χ4v) is 6.41. The van der Waals surface area contributed by atoms with Gasteiger partial charge >= 0.3 is 6.16 Å². The Morgan fingerprint density at radius 2 is 2.00 bits per heavy atom. The van der Waals surface area contributed by atoms with Gasteiger partial charge in [0.25, 0.3) is 5.69 Å². The van der Waals surface area contributed by atoms with Crippen molar-refractivity contribution in [3.05, 3.63) is 69.5 Å². The number of rotatable bonds is 4. The lowest BCUT2D eigenvalue weighted by molar-refractivity contribution is -0.384. The van der Waals surface area contributed by atoms with Gasteiger partial charge in [0.1, 0.15) is 11.5 Å². The molecule has 0 amide bonds. The molecule has 0 aromatic heterocycles. The second-order valence-electron chi connectivity index (χ2n) is 9.33. The number of likely N-dealkylation sites (N-methyl/N-ethyl adjacent to an activating group) is 1. The van der Waals surface area contributed by atoms with Crippen LogP contribution in [0.4, 0.5) is 10.5 Å². The normalized spacial score (nSPS) is 28.3. The Kier molecular flexibility index (Phi) is 4.60. The Morgan fingerprint density at radius 3 is 2.74 bits per heavy atom. The Labute approximate surface area is 196 Å². The number of allylic oxidation sites excluding steroid dienone is 1. The highest BCUT2D eigenvalue weighted by atomic mass is 16.7. The third kappa shape index (κ3) is 2.86. The maximum absolute atomic E-state index is 12.7. The van der Waals surface area contributed by atoms with Crippen LogP contribution in [0.25, 0.3) is 0 Å². The van der Waals surface area contributed by atoms with Gasteiger partial charge in [-0.25, -0.2) is 4.79 Å². The summed E-state index contributed by atoms with van der Waals surface area (Å²) in [7, 11) is 3.81. The SMILES string of the molecule is COc1ccc2c3c1O[C@H]1C(OC(=O)Oc4ccc([N+](=O)[O-])cc4)=CC[C@H]4[C@@H](C2)N(C)CC[C@]314. The summed E-state index contributed by atoms with van der Waals surface area (Å²) in [5, 5.41) is 10.8. The molecule has 0 N–H and O–H groups in total. The Bertz CT molecular complexity index is 1220. The number of nitrogens with zero attached hydrogens (tertiary/aromatic N) is 2. The first-order valence-electron chi connectivity index (χ1n) is 11.3. The zero-order valence-electron chi connectivity index (χ0n) is 18.9. The smallest absolute Gasteiger partial charge is 0.493 e. The maximum atomic E-state index is 12.7. The molecule has 1 spiro atoms. The van der Waals surface area contributed by atoms with Crippen molar-refractivity contribution in [2.45, 2.75) is 36.8 Å². The molecule has 2 aromatic carbocycles. The highest BCUT2D eigenvalue weighted by Gasteiger charge is 2.64. The molecule has 9 nitrogen and oxygen atoms in total. The van der Waals surface area contributed by atoms with E-state index in [2.05, 4.69) is 18.0 Å². The number of carbonyl (C=O) groups is 1. The predicted octanol–water partition coefficient (Wildman–Crippen LogP) is 3.98. The van der Waals surface area contributed by atoms with Crippen molar-refractivity contribution in [2.24, 2.45) is 5.92 Å². The van der Waals surface area contributed by atoms with Crippen LogP contribution in [0.3, 0.4) is 0 Å². The van der Waals surface area contributed by atoms with Gasteiger partial charge in [0.15, 0.2) is 17.6 Å². The van der Waals surface area contributed by atoms with Gasteiger partial charge in [-0.15, -0.1) is 0 Å². The van der Waals surface area contributed by atoms with Gasteiger partial charge < -0.3 is 23.8 Å². The van der Waals surface area contributed by atoms with Gasteiger partial charge in [0.05, 0.1) is 12.0 Å². The number of likely N-dealkylation sites (tertiary alicyclic amines) is 1. The quantitative estimate of drug-likeness (QED) is 0.290. The molecular weight excluding hydrogens is 440 g/mol. The monoisotopic (exact) mass is 464 g/mol. The molecule has 2 heterocycles. The van der Waals surface area contributed by atoms with Gasteiger partial charge in [-0.05, 0) is 68.6 Å². The van der Waals surface area contributed by atoms with Crippen LogP contribution < -0.4 is 14.2 Å². The van der Waals surface area contributed by atoms with Gasteiger partial charge in [-0.2, -0.15) is 0 Å². The van der Waals surface area contributed by atoms with Crippen molar-refractivity contribution >= 4 is 11.8 Å². The predicted molar refractivity (Wildman–Crippen MR) is 120 cm³/mol. The first kappa shape index (κ1) is 21.0. The summed E-state index contributed by atoms with van der Waals surface area (Å²) in [5.41, 5.74) is 2.09. The van der Waals surface area contributed by atoms with E-state index in [1.165, 1.54) is 35.4 Å². The van der Waals surface area contributed by atoms with Crippen LogP contribution in [0.1, 0.15) is 24.0 Å². The molecule has 4 atom stereocenters. The first-order valence-corrected chi connectivity index (χ1v) is 11.3. The van der Waals surface area contributed by atoms with Gasteiger partial charge in [0.2, 0.25) is 0 Å². The minimum atomic E-state index is -0.901. The van der Waals surface area contributed by atoms with Crippen molar-refractivity contribution in [3.8, 4) is 17.2 Å². The lowest BCUT2D eigenvalue weighted by atomic mass is 9.53. The third-order valence-electron chi connectivity index (χ3n) is 7.88. The maximum Gasteiger partial charge on any atom is 0.519 e. The molecule has 0 radical (unpaired) electrons. The van der Waals surface area contributed by atoms with Crippen LogP contribution in [0.5, 0.6) is 17.2 Å². The van der Waals surface area contributed by atoms with Crippen molar-refractivity contribution < 1.29 is 28.7 Å². The second kappa shape index (κ2) is 7.46. The van der Waals surface area contributed by atoms with E-state index in [9.17, 15) is 14.9 Å². The molecule has 34 heavy (non-hydrogen) atoms. The number of nitro benzene ring substituents is 1. The summed E-state index contributed by atoms with van der Waals surface area (Å²) in [6.45, 7) is 0.928. The topological polar surface area (TPSA) is 100 Å². The number of hydrogen-bond acceptors (Lipinski definition) is 8. The van der Waals surface area contributed by atoms with E-state index in [1.807, 2.05) is 12.1 Å². The number of non-ortho nitro benzene ring substituents is 1. The molecule has 2 aliphatic carbocycles. The standard InChI is InChI=1S/C25H24N2O7/c1-26-12-11-25-17-8-10-20(33-24(28)32-16-6-4-15(5-7-16)27(29)30)23(25)34-22-19(31-2)9-3-14(21(22)25)13-18(17)26/h3-7,9-10,17-18,23H,8,11-13H2,1-2H3/t17-,18+,23-,25-/m0/s1. The minimum absolute atomic E-state index is 0.0863. The summed E-state index contributed by atoms with van der Waals surface area (Å²) >= 11 is 0. The molecule has 2 aliphatic heterocycles. The average molecular weight is 464 g/mol. The molecule has 4 aliphatic rings. The van der Waals surface area contributed by atoms with Crippen LogP contribution >= 0.6 is 0 Å². The summed E-state index contributed by atoms with van der Waals surface area (Å²) in [6, 6.07) is 9.75. The van der Waals surface area contributed by atoms with E-state index in [4.69, 9.17) is 18.9 Å². The Balaban J connectivity index is 1.32.